The van der Waals surface area contributed by atoms with E-state index in [9.17, 15) is 13.2 Å². The summed E-state index contributed by atoms with van der Waals surface area (Å²) in [4.78, 5) is 12.6. The number of rotatable bonds is 4. The van der Waals surface area contributed by atoms with Crippen molar-refractivity contribution in [3.8, 4) is 0 Å². The van der Waals surface area contributed by atoms with E-state index >= 15 is 0 Å². The zero-order valence-electron chi connectivity index (χ0n) is 14.6. The van der Waals surface area contributed by atoms with E-state index in [0.717, 1.165) is 0 Å². The van der Waals surface area contributed by atoms with Gasteiger partial charge in [-0.1, -0.05) is 29.8 Å². The summed E-state index contributed by atoms with van der Waals surface area (Å²) in [6, 6.07) is 11.3. The van der Waals surface area contributed by atoms with Gasteiger partial charge in [-0.2, -0.15) is 0 Å². The summed E-state index contributed by atoms with van der Waals surface area (Å²) in [7, 11) is -3.73. The Bertz CT molecular complexity index is 903. The van der Waals surface area contributed by atoms with Crippen LogP contribution in [0.3, 0.4) is 0 Å². The molecule has 0 unspecified atom stereocenters. The molecule has 0 aliphatic carbocycles. The van der Waals surface area contributed by atoms with Gasteiger partial charge in [-0.05, 0) is 57.5 Å². The van der Waals surface area contributed by atoms with Crippen LogP contribution in [0.25, 0.3) is 0 Å². The lowest BCUT2D eigenvalue weighted by Gasteiger charge is -2.20. The molecule has 0 radical (unpaired) electrons. The molecular weight excluding hydrogens is 360 g/mol. The Kier molecular flexibility index (Phi) is 5.56. The van der Waals surface area contributed by atoms with Gasteiger partial charge in [-0.15, -0.1) is 0 Å². The number of sulfonamides is 1. The van der Waals surface area contributed by atoms with Crippen LogP contribution in [0.5, 0.6) is 0 Å². The Balaban J connectivity index is 2.36. The van der Waals surface area contributed by atoms with Crippen molar-refractivity contribution in [2.24, 2.45) is 0 Å². The predicted octanol–water partition coefficient (Wildman–Crippen LogP) is 3.98. The van der Waals surface area contributed by atoms with Crippen LogP contribution in [0.1, 0.15) is 36.7 Å². The molecule has 0 aromatic heterocycles. The average molecular weight is 381 g/mol. The van der Waals surface area contributed by atoms with Gasteiger partial charge in [0.05, 0.1) is 15.6 Å². The van der Waals surface area contributed by atoms with Gasteiger partial charge < -0.3 is 5.32 Å². The molecule has 2 N–H and O–H groups in total. The lowest BCUT2D eigenvalue weighted by molar-refractivity contribution is 0.102. The second kappa shape index (κ2) is 7.15. The van der Waals surface area contributed by atoms with E-state index in [-0.39, 0.29) is 10.5 Å². The number of nitrogens with one attached hydrogen (secondary N) is 2. The molecule has 5 nitrogen and oxygen atoms in total. The van der Waals surface area contributed by atoms with Crippen molar-refractivity contribution >= 4 is 33.2 Å². The van der Waals surface area contributed by atoms with Gasteiger partial charge >= 0.3 is 0 Å². The number of hydrogen-bond donors (Lipinski definition) is 2. The van der Waals surface area contributed by atoms with Crippen molar-refractivity contribution in [3.05, 3.63) is 58.6 Å². The molecule has 0 saturated heterocycles. The van der Waals surface area contributed by atoms with Crippen molar-refractivity contribution in [1.82, 2.24) is 4.72 Å². The number of carbonyl (C=O) groups excluding carboxylic acids is 1. The standard InChI is InChI=1S/C18H21ClN2O3S/c1-12-9-10-13(25(23,24)21-18(2,3)4)11-14(12)17(22)20-16-8-6-5-7-15(16)19/h5-11,21H,1-4H3,(H,20,22). The molecule has 0 aliphatic rings. The lowest BCUT2D eigenvalue weighted by Crippen LogP contribution is -2.40. The third-order valence-electron chi connectivity index (χ3n) is 3.33. The molecule has 1 amide bonds. The zero-order valence-corrected chi connectivity index (χ0v) is 16.1. The number of benzene rings is 2. The van der Waals surface area contributed by atoms with Crippen molar-refractivity contribution in [1.29, 1.82) is 0 Å². The van der Waals surface area contributed by atoms with Crippen molar-refractivity contribution < 1.29 is 13.2 Å². The van der Waals surface area contributed by atoms with Gasteiger partial charge in [0, 0.05) is 11.1 Å². The first-order chi connectivity index (χ1) is 11.5. The molecule has 0 atom stereocenters. The maximum atomic E-state index is 12.6. The Morgan fingerprint density at radius 1 is 1.08 bits per heavy atom. The lowest BCUT2D eigenvalue weighted by atomic mass is 10.1. The highest BCUT2D eigenvalue weighted by Crippen LogP contribution is 2.23. The van der Waals surface area contributed by atoms with E-state index in [0.29, 0.717) is 16.3 Å². The Morgan fingerprint density at radius 2 is 1.72 bits per heavy atom. The Labute approximate surface area is 153 Å². The largest absolute Gasteiger partial charge is 0.321 e. The number of anilines is 1. The first-order valence-electron chi connectivity index (χ1n) is 7.70. The first kappa shape index (κ1) is 19.4. The number of halogens is 1. The molecule has 0 bridgehead atoms. The third-order valence-corrected chi connectivity index (χ3v) is 5.41. The van der Waals surface area contributed by atoms with Crippen LogP contribution in [-0.4, -0.2) is 19.9 Å². The summed E-state index contributed by atoms with van der Waals surface area (Å²) in [5.74, 6) is -0.418. The zero-order chi connectivity index (χ0) is 18.8. The highest BCUT2D eigenvalue weighted by molar-refractivity contribution is 7.89. The molecule has 0 saturated carbocycles. The van der Waals surface area contributed by atoms with Gasteiger partial charge in [0.25, 0.3) is 5.91 Å². The van der Waals surface area contributed by atoms with E-state index < -0.39 is 21.5 Å². The van der Waals surface area contributed by atoms with Gasteiger partial charge in [0.1, 0.15) is 0 Å². The topological polar surface area (TPSA) is 75.3 Å². The molecule has 2 rings (SSSR count). The summed E-state index contributed by atoms with van der Waals surface area (Å²) < 4.78 is 27.5. The number of para-hydroxylation sites is 1. The molecule has 0 spiro atoms. The van der Waals surface area contributed by atoms with Crippen LogP contribution in [0, 0.1) is 6.92 Å². The minimum Gasteiger partial charge on any atom is -0.321 e. The normalized spacial score (nSPS) is 12.0. The summed E-state index contributed by atoms with van der Waals surface area (Å²) in [6.07, 6.45) is 0. The second-order valence-corrected chi connectivity index (χ2v) is 8.86. The molecule has 134 valence electrons. The minimum atomic E-state index is -3.73. The Hall–Kier alpha value is -1.89. The maximum Gasteiger partial charge on any atom is 0.256 e. The fraction of sp³-hybridized carbons (Fsp3) is 0.278. The second-order valence-electron chi connectivity index (χ2n) is 6.77. The maximum absolute atomic E-state index is 12.6. The molecule has 0 aliphatic heterocycles. The first-order valence-corrected chi connectivity index (χ1v) is 9.56. The smallest absolute Gasteiger partial charge is 0.256 e. The fourth-order valence-corrected chi connectivity index (χ4v) is 3.85. The summed E-state index contributed by atoms with van der Waals surface area (Å²) >= 11 is 6.05. The summed E-state index contributed by atoms with van der Waals surface area (Å²) in [6.45, 7) is 7.01. The Morgan fingerprint density at radius 3 is 2.32 bits per heavy atom. The van der Waals surface area contributed by atoms with Gasteiger partial charge in [-0.3, -0.25) is 4.79 Å². The van der Waals surface area contributed by atoms with Crippen LogP contribution < -0.4 is 10.0 Å². The minimum absolute atomic E-state index is 0.0392. The van der Waals surface area contributed by atoms with E-state index in [1.165, 1.54) is 12.1 Å². The predicted molar refractivity (Wildman–Crippen MR) is 101 cm³/mol. The van der Waals surface area contributed by atoms with Gasteiger partial charge in [0.15, 0.2) is 0 Å². The quantitative estimate of drug-likeness (QED) is 0.842. The highest BCUT2D eigenvalue weighted by atomic mass is 35.5. The molecule has 0 fully saturated rings. The van der Waals surface area contributed by atoms with Crippen molar-refractivity contribution in [3.63, 3.8) is 0 Å². The fourth-order valence-electron chi connectivity index (χ4n) is 2.23. The number of hydrogen-bond acceptors (Lipinski definition) is 3. The average Bonchev–Trinajstić information content (AvgIpc) is 2.47. The molecular formula is C18H21ClN2O3S. The van der Waals surface area contributed by atoms with Gasteiger partial charge in [-0.25, -0.2) is 13.1 Å². The van der Waals surface area contributed by atoms with E-state index in [1.54, 1.807) is 58.0 Å². The van der Waals surface area contributed by atoms with Crippen LogP contribution in [0.4, 0.5) is 5.69 Å². The van der Waals surface area contributed by atoms with E-state index in [2.05, 4.69) is 10.0 Å². The molecule has 2 aromatic carbocycles. The van der Waals surface area contributed by atoms with E-state index in [4.69, 9.17) is 11.6 Å². The van der Waals surface area contributed by atoms with Crippen LogP contribution in [0.2, 0.25) is 5.02 Å². The monoisotopic (exact) mass is 380 g/mol. The molecule has 0 heterocycles. The number of amides is 1. The van der Waals surface area contributed by atoms with Crippen molar-refractivity contribution in [2.45, 2.75) is 38.1 Å². The van der Waals surface area contributed by atoms with Crippen molar-refractivity contribution in [2.75, 3.05) is 5.32 Å². The molecule has 7 heteroatoms. The molecule has 25 heavy (non-hydrogen) atoms. The summed E-state index contributed by atoms with van der Waals surface area (Å²) in [5.41, 5.74) is 0.787. The van der Waals surface area contributed by atoms with E-state index in [1.807, 2.05) is 0 Å². The highest BCUT2D eigenvalue weighted by Gasteiger charge is 2.23. The molecule has 2 aromatic rings. The third kappa shape index (κ3) is 5.04. The van der Waals surface area contributed by atoms with Gasteiger partial charge in [0.2, 0.25) is 10.0 Å². The van der Waals surface area contributed by atoms with Crippen LogP contribution in [-0.2, 0) is 10.0 Å². The van der Waals surface area contributed by atoms with Crippen LogP contribution >= 0.6 is 11.6 Å². The SMILES string of the molecule is Cc1ccc(S(=O)(=O)NC(C)(C)C)cc1C(=O)Nc1ccccc1Cl. The number of aryl methyl sites for hydroxylation is 1. The summed E-state index contributed by atoms with van der Waals surface area (Å²) in [5, 5.41) is 3.12. The van der Waals surface area contributed by atoms with Crippen LogP contribution in [0.15, 0.2) is 47.4 Å². The number of carbonyl (C=O) groups is 1.